The van der Waals surface area contributed by atoms with Gasteiger partial charge in [0.2, 0.25) is 5.91 Å². The number of likely N-dealkylation sites (tertiary alicyclic amines) is 1. The molecule has 1 fully saturated rings. The fourth-order valence-corrected chi connectivity index (χ4v) is 2.33. The number of amides is 2. The number of hydrogen-bond donors (Lipinski definition) is 3. The van der Waals surface area contributed by atoms with Gasteiger partial charge in [-0.3, -0.25) is 9.59 Å². The van der Waals surface area contributed by atoms with E-state index in [9.17, 15) is 9.59 Å². The van der Waals surface area contributed by atoms with Gasteiger partial charge in [0.15, 0.2) is 0 Å². The zero-order chi connectivity index (χ0) is 13.8. The van der Waals surface area contributed by atoms with Crippen LogP contribution in [0.3, 0.4) is 0 Å². The molecule has 0 aliphatic carbocycles. The molecule has 19 heavy (non-hydrogen) atoms. The van der Waals surface area contributed by atoms with Gasteiger partial charge >= 0.3 is 0 Å². The minimum atomic E-state index is -0.00493. The van der Waals surface area contributed by atoms with E-state index in [2.05, 4.69) is 10.3 Å². The SMILES string of the molecule is CC(=O)NCC1CCN(C(=O)c2cc(N)c[nH]2)CC1. The molecule has 4 N–H and O–H groups in total. The maximum Gasteiger partial charge on any atom is 0.270 e. The number of rotatable bonds is 3. The van der Waals surface area contributed by atoms with E-state index in [1.54, 1.807) is 12.3 Å². The second-order valence-electron chi connectivity index (χ2n) is 5.02. The predicted molar refractivity (Wildman–Crippen MR) is 72.5 cm³/mol. The van der Waals surface area contributed by atoms with Crippen molar-refractivity contribution in [2.24, 2.45) is 5.92 Å². The van der Waals surface area contributed by atoms with Crippen molar-refractivity contribution in [3.8, 4) is 0 Å². The Morgan fingerprint density at radius 1 is 1.47 bits per heavy atom. The van der Waals surface area contributed by atoms with Gasteiger partial charge in [0.25, 0.3) is 5.91 Å². The number of aromatic amines is 1. The number of nitrogens with one attached hydrogen (secondary N) is 2. The molecule has 0 aromatic carbocycles. The first kappa shape index (κ1) is 13.5. The highest BCUT2D eigenvalue weighted by Crippen LogP contribution is 2.18. The molecule has 2 rings (SSSR count). The van der Waals surface area contributed by atoms with E-state index in [1.807, 2.05) is 4.90 Å². The molecule has 0 spiro atoms. The number of piperidine rings is 1. The summed E-state index contributed by atoms with van der Waals surface area (Å²) in [4.78, 5) is 27.7. The Hall–Kier alpha value is -1.98. The van der Waals surface area contributed by atoms with Crippen molar-refractivity contribution in [2.45, 2.75) is 19.8 Å². The van der Waals surface area contributed by atoms with Crippen LogP contribution in [0.15, 0.2) is 12.3 Å². The minimum absolute atomic E-state index is 0.000340. The Labute approximate surface area is 112 Å². The summed E-state index contributed by atoms with van der Waals surface area (Å²) in [5.41, 5.74) is 6.71. The van der Waals surface area contributed by atoms with E-state index in [-0.39, 0.29) is 11.8 Å². The molecule has 0 saturated carbocycles. The number of carbonyl (C=O) groups excluding carboxylic acids is 2. The van der Waals surface area contributed by atoms with Crippen molar-refractivity contribution in [2.75, 3.05) is 25.4 Å². The summed E-state index contributed by atoms with van der Waals surface area (Å²) in [6.07, 6.45) is 3.46. The van der Waals surface area contributed by atoms with Gasteiger partial charge in [-0.15, -0.1) is 0 Å². The van der Waals surface area contributed by atoms with Gasteiger partial charge in [-0.25, -0.2) is 0 Å². The smallest absolute Gasteiger partial charge is 0.270 e. The number of nitrogens with two attached hydrogens (primary N) is 1. The fourth-order valence-electron chi connectivity index (χ4n) is 2.33. The molecule has 2 amide bonds. The standard InChI is InChI=1S/C13H20N4O2/c1-9(18)15-7-10-2-4-17(5-3-10)13(19)12-6-11(14)8-16-12/h6,8,10,16H,2-5,7,14H2,1H3,(H,15,18). The maximum atomic E-state index is 12.2. The van der Waals surface area contributed by atoms with Gasteiger partial charge in [-0.05, 0) is 24.8 Å². The van der Waals surface area contributed by atoms with Crippen molar-refractivity contribution >= 4 is 17.5 Å². The number of nitrogen functional groups attached to an aromatic ring is 1. The van der Waals surface area contributed by atoms with Crippen LogP contribution >= 0.6 is 0 Å². The van der Waals surface area contributed by atoms with E-state index >= 15 is 0 Å². The molecule has 0 unspecified atom stereocenters. The zero-order valence-electron chi connectivity index (χ0n) is 11.1. The molecular weight excluding hydrogens is 244 g/mol. The fraction of sp³-hybridized carbons (Fsp3) is 0.538. The highest BCUT2D eigenvalue weighted by Gasteiger charge is 2.24. The second kappa shape index (κ2) is 5.77. The van der Waals surface area contributed by atoms with E-state index in [4.69, 9.17) is 5.73 Å². The summed E-state index contributed by atoms with van der Waals surface area (Å²) in [7, 11) is 0. The van der Waals surface area contributed by atoms with Gasteiger partial charge in [0, 0.05) is 38.4 Å². The lowest BCUT2D eigenvalue weighted by Crippen LogP contribution is -2.41. The summed E-state index contributed by atoms with van der Waals surface area (Å²) < 4.78 is 0. The lowest BCUT2D eigenvalue weighted by atomic mass is 9.96. The Balaban J connectivity index is 1.83. The van der Waals surface area contributed by atoms with Crippen molar-refractivity contribution in [3.63, 3.8) is 0 Å². The van der Waals surface area contributed by atoms with Gasteiger partial charge < -0.3 is 20.9 Å². The van der Waals surface area contributed by atoms with Crippen LogP contribution in [0.4, 0.5) is 5.69 Å². The molecule has 1 saturated heterocycles. The zero-order valence-corrected chi connectivity index (χ0v) is 11.1. The van der Waals surface area contributed by atoms with Gasteiger partial charge in [0.1, 0.15) is 5.69 Å². The minimum Gasteiger partial charge on any atom is -0.397 e. The summed E-state index contributed by atoms with van der Waals surface area (Å²) in [6, 6.07) is 1.66. The predicted octanol–water partition coefficient (Wildman–Crippen LogP) is 0.585. The second-order valence-corrected chi connectivity index (χ2v) is 5.02. The van der Waals surface area contributed by atoms with E-state index in [0.717, 1.165) is 25.9 Å². The molecular formula is C13H20N4O2. The molecule has 1 aliphatic heterocycles. The monoisotopic (exact) mass is 264 g/mol. The molecule has 1 aromatic heterocycles. The topological polar surface area (TPSA) is 91.2 Å². The van der Waals surface area contributed by atoms with Gasteiger partial charge in [0.05, 0.1) is 0 Å². The number of nitrogens with zero attached hydrogens (tertiary/aromatic N) is 1. The number of anilines is 1. The Morgan fingerprint density at radius 2 is 2.16 bits per heavy atom. The molecule has 1 aromatic rings. The molecule has 6 heteroatoms. The molecule has 104 valence electrons. The third-order valence-corrected chi connectivity index (χ3v) is 3.48. The summed E-state index contributed by atoms with van der Waals surface area (Å²) in [5.74, 6) is 0.455. The van der Waals surface area contributed by atoms with Gasteiger partial charge in [-0.2, -0.15) is 0 Å². The number of H-pyrrole nitrogens is 1. The molecule has 1 aliphatic rings. The molecule has 0 radical (unpaired) electrons. The van der Waals surface area contributed by atoms with Crippen LogP contribution in [0.25, 0.3) is 0 Å². The number of hydrogen-bond acceptors (Lipinski definition) is 3. The first-order valence-corrected chi connectivity index (χ1v) is 6.54. The van der Waals surface area contributed by atoms with Crippen LogP contribution < -0.4 is 11.1 Å². The molecule has 6 nitrogen and oxygen atoms in total. The third-order valence-electron chi connectivity index (χ3n) is 3.48. The van der Waals surface area contributed by atoms with E-state index in [0.29, 0.717) is 23.8 Å². The van der Waals surface area contributed by atoms with E-state index < -0.39 is 0 Å². The van der Waals surface area contributed by atoms with Crippen LogP contribution in [-0.2, 0) is 4.79 Å². The number of carbonyl (C=O) groups is 2. The average molecular weight is 264 g/mol. The summed E-state index contributed by atoms with van der Waals surface area (Å²) >= 11 is 0. The highest BCUT2D eigenvalue weighted by atomic mass is 16.2. The van der Waals surface area contributed by atoms with Gasteiger partial charge in [-0.1, -0.05) is 0 Å². The largest absolute Gasteiger partial charge is 0.397 e. The first-order valence-electron chi connectivity index (χ1n) is 6.54. The highest BCUT2D eigenvalue weighted by molar-refractivity contribution is 5.93. The third kappa shape index (κ3) is 3.49. The van der Waals surface area contributed by atoms with Crippen molar-refractivity contribution in [1.29, 1.82) is 0 Å². The van der Waals surface area contributed by atoms with Crippen molar-refractivity contribution in [3.05, 3.63) is 18.0 Å². The lowest BCUT2D eigenvalue weighted by molar-refractivity contribution is -0.119. The van der Waals surface area contributed by atoms with Crippen LogP contribution in [0.2, 0.25) is 0 Å². The number of aromatic nitrogens is 1. The molecule has 0 atom stereocenters. The first-order chi connectivity index (χ1) is 9.06. The van der Waals surface area contributed by atoms with E-state index in [1.165, 1.54) is 6.92 Å². The van der Waals surface area contributed by atoms with Crippen LogP contribution in [-0.4, -0.2) is 41.3 Å². The lowest BCUT2D eigenvalue weighted by Gasteiger charge is -2.31. The van der Waals surface area contributed by atoms with Crippen LogP contribution in [0.5, 0.6) is 0 Å². The summed E-state index contributed by atoms with van der Waals surface area (Å²) in [5, 5.41) is 2.83. The Morgan fingerprint density at radius 3 is 2.68 bits per heavy atom. The van der Waals surface area contributed by atoms with Crippen molar-refractivity contribution in [1.82, 2.24) is 15.2 Å². The van der Waals surface area contributed by atoms with Crippen LogP contribution in [0, 0.1) is 5.92 Å². The van der Waals surface area contributed by atoms with Crippen LogP contribution in [0.1, 0.15) is 30.3 Å². The maximum absolute atomic E-state index is 12.2. The molecule has 0 bridgehead atoms. The molecule has 2 heterocycles. The quantitative estimate of drug-likeness (QED) is 0.746. The Bertz CT molecular complexity index is 461. The summed E-state index contributed by atoms with van der Waals surface area (Å²) in [6.45, 7) is 3.67. The van der Waals surface area contributed by atoms with Crippen molar-refractivity contribution < 1.29 is 9.59 Å². The Kier molecular flexibility index (Phi) is 4.09. The normalized spacial score (nSPS) is 16.4. The average Bonchev–Trinajstić information content (AvgIpc) is 2.83.